The Kier molecular flexibility index (Phi) is 2.14. The smallest absolute Gasteiger partial charge is 0.308 e. The molecule has 2 heterocycles. The van der Waals surface area contributed by atoms with Crippen LogP contribution >= 0.6 is 0 Å². The molecule has 0 bridgehead atoms. The average Bonchev–Trinajstić information content (AvgIpc) is 2.52. The zero-order chi connectivity index (χ0) is 9.26. The molecule has 4 heteroatoms. The van der Waals surface area contributed by atoms with Crippen LogP contribution in [-0.4, -0.2) is 9.97 Å². The standard InChI is InChI=1S/C9H13N3O/c1-2-3-7-6-4-10-5-8(6)12-9(13)11-7/h10H,2-5H2,1H3,(H,11,12,13). The van der Waals surface area contributed by atoms with Gasteiger partial charge in [0, 0.05) is 24.3 Å². The van der Waals surface area contributed by atoms with Gasteiger partial charge >= 0.3 is 5.69 Å². The lowest BCUT2D eigenvalue weighted by molar-refractivity contribution is 0.753. The summed E-state index contributed by atoms with van der Waals surface area (Å²) >= 11 is 0. The molecule has 0 saturated heterocycles. The fourth-order valence-electron chi connectivity index (χ4n) is 1.71. The molecule has 1 aromatic rings. The highest BCUT2D eigenvalue weighted by Gasteiger charge is 2.15. The summed E-state index contributed by atoms with van der Waals surface area (Å²) in [5, 5.41) is 3.20. The van der Waals surface area contributed by atoms with Crippen molar-refractivity contribution in [3.05, 3.63) is 27.4 Å². The minimum Gasteiger partial charge on any atom is -0.308 e. The molecule has 0 saturated carbocycles. The van der Waals surface area contributed by atoms with Crippen molar-refractivity contribution in [3.63, 3.8) is 0 Å². The van der Waals surface area contributed by atoms with Gasteiger partial charge in [-0.2, -0.15) is 4.98 Å². The zero-order valence-corrected chi connectivity index (χ0v) is 7.68. The minimum atomic E-state index is -0.217. The summed E-state index contributed by atoms with van der Waals surface area (Å²) in [6.07, 6.45) is 1.93. The third-order valence-electron chi connectivity index (χ3n) is 2.30. The van der Waals surface area contributed by atoms with Crippen LogP contribution in [0.1, 0.15) is 30.3 Å². The molecular formula is C9H13N3O. The Morgan fingerprint density at radius 3 is 3.08 bits per heavy atom. The second-order valence-electron chi connectivity index (χ2n) is 3.30. The number of hydrogen-bond donors (Lipinski definition) is 2. The van der Waals surface area contributed by atoms with Crippen LogP contribution in [0.25, 0.3) is 0 Å². The largest absolute Gasteiger partial charge is 0.345 e. The van der Waals surface area contributed by atoms with E-state index in [4.69, 9.17) is 0 Å². The summed E-state index contributed by atoms with van der Waals surface area (Å²) in [5.41, 5.74) is 2.96. The topological polar surface area (TPSA) is 57.8 Å². The van der Waals surface area contributed by atoms with Gasteiger partial charge in [0.15, 0.2) is 0 Å². The van der Waals surface area contributed by atoms with Crippen LogP contribution in [0.3, 0.4) is 0 Å². The van der Waals surface area contributed by atoms with E-state index in [0.717, 1.165) is 37.3 Å². The van der Waals surface area contributed by atoms with E-state index in [9.17, 15) is 4.79 Å². The lowest BCUT2D eigenvalue weighted by Crippen LogP contribution is -2.16. The molecule has 0 fully saturated rings. The van der Waals surface area contributed by atoms with Gasteiger partial charge in [0.05, 0.1) is 5.69 Å². The first-order valence-corrected chi connectivity index (χ1v) is 4.63. The highest BCUT2D eigenvalue weighted by Crippen LogP contribution is 2.15. The SMILES string of the molecule is CCCc1nc(=O)[nH]c2c1CNC2. The van der Waals surface area contributed by atoms with Crippen LogP contribution in [0.5, 0.6) is 0 Å². The predicted molar refractivity (Wildman–Crippen MR) is 49.4 cm³/mol. The number of hydrogen-bond acceptors (Lipinski definition) is 3. The van der Waals surface area contributed by atoms with Gasteiger partial charge in [-0.1, -0.05) is 13.3 Å². The van der Waals surface area contributed by atoms with Crippen molar-refractivity contribution >= 4 is 0 Å². The Morgan fingerprint density at radius 1 is 1.46 bits per heavy atom. The molecule has 0 aromatic carbocycles. The van der Waals surface area contributed by atoms with Crippen molar-refractivity contribution in [1.82, 2.24) is 15.3 Å². The second kappa shape index (κ2) is 3.30. The maximum atomic E-state index is 11.1. The van der Waals surface area contributed by atoms with Crippen molar-refractivity contribution in [1.29, 1.82) is 0 Å². The van der Waals surface area contributed by atoms with E-state index in [0.29, 0.717) is 0 Å². The van der Waals surface area contributed by atoms with Crippen molar-refractivity contribution in [2.45, 2.75) is 32.9 Å². The highest BCUT2D eigenvalue weighted by molar-refractivity contribution is 5.27. The Bertz CT molecular complexity index is 370. The molecule has 2 N–H and O–H groups in total. The Hall–Kier alpha value is -1.16. The third kappa shape index (κ3) is 1.49. The summed E-state index contributed by atoms with van der Waals surface area (Å²) in [7, 11) is 0. The Morgan fingerprint density at radius 2 is 2.31 bits per heavy atom. The number of nitrogens with zero attached hydrogens (tertiary/aromatic N) is 1. The number of rotatable bonds is 2. The van der Waals surface area contributed by atoms with Gasteiger partial charge in [-0.15, -0.1) is 0 Å². The first-order valence-electron chi connectivity index (χ1n) is 4.63. The van der Waals surface area contributed by atoms with E-state index < -0.39 is 0 Å². The minimum absolute atomic E-state index is 0.217. The van der Waals surface area contributed by atoms with Gasteiger partial charge in [0.2, 0.25) is 0 Å². The molecule has 0 atom stereocenters. The number of aryl methyl sites for hydroxylation is 1. The first-order chi connectivity index (χ1) is 6.31. The molecule has 0 spiro atoms. The molecule has 4 nitrogen and oxygen atoms in total. The maximum absolute atomic E-state index is 11.1. The van der Waals surface area contributed by atoms with E-state index in [1.807, 2.05) is 0 Å². The van der Waals surface area contributed by atoms with Crippen LogP contribution < -0.4 is 11.0 Å². The Balaban J connectivity index is 2.49. The summed E-state index contributed by atoms with van der Waals surface area (Å²) < 4.78 is 0. The summed E-state index contributed by atoms with van der Waals surface area (Å²) in [5.74, 6) is 0. The van der Waals surface area contributed by atoms with E-state index in [-0.39, 0.29) is 5.69 Å². The van der Waals surface area contributed by atoms with Gasteiger partial charge in [0.25, 0.3) is 0 Å². The summed E-state index contributed by atoms with van der Waals surface area (Å²) in [6.45, 7) is 3.70. The molecule has 1 aliphatic rings. The molecule has 1 aromatic heterocycles. The van der Waals surface area contributed by atoms with Crippen molar-refractivity contribution in [3.8, 4) is 0 Å². The Labute approximate surface area is 76.4 Å². The van der Waals surface area contributed by atoms with Crippen LogP contribution in [0.15, 0.2) is 4.79 Å². The second-order valence-corrected chi connectivity index (χ2v) is 3.30. The van der Waals surface area contributed by atoms with Crippen molar-refractivity contribution in [2.24, 2.45) is 0 Å². The molecule has 13 heavy (non-hydrogen) atoms. The molecule has 0 radical (unpaired) electrons. The normalized spacial score (nSPS) is 14.5. The van der Waals surface area contributed by atoms with Gasteiger partial charge in [-0.05, 0) is 6.42 Å². The predicted octanol–water partition coefficient (Wildman–Crippen LogP) is 0.326. The molecule has 0 unspecified atom stereocenters. The van der Waals surface area contributed by atoms with Crippen LogP contribution in [0.2, 0.25) is 0 Å². The zero-order valence-electron chi connectivity index (χ0n) is 7.68. The monoisotopic (exact) mass is 179 g/mol. The summed E-state index contributed by atoms with van der Waals surface area (Å²) in [4.78, 5) is 17.9. The first kappa shape index (κ1) is 8.44. The molecule has 1 aliphatic heterocycles. The van der Waals surface area contributed by atoms with Crippen LogP contribution in [0.4, 0.5) is 0 Å². The number of fused-ring (bicyclic) bond motifs is 1. The van der Waals surface area contributed by atoms with Gasteiger partial charge in [-0.25, -0.2) is 4.79 Å². The lowest BCUT2D eigenvalue weighted by Gasteiger charge is -2.03. The van der Waals surface area contributed by atoms with E-state index in [2.05, 4.69) is 22.2 Å². The van der Waals surface area contributed by atoms with Crippen LogP contribution in [-0.2, 0) is 19.5 Å². The van der Waals surface area contributed by atoms with Gasteiger partial charge in [-0.3, -0.25) is 0 Å². The van der Waals surface area contributed by atoms with Crippen molar-refractivity contribution in [2.75, 3.05) is 0 Å². The van der Waals surface area contributed by atoms with Crippen molar-refractivity contribution < 1.29 is 0 Å². The average molecular weight is 179 g/mol. The molecule has 0 aliphatic carbocycles. The lowest BCUT2D eigenvalue weighted by atomic mass is 10.1. The fraction of sp³-hybridized carbons (Fsp3) is 0.556. The van der Waals surface area contributed by atoms with Crippen LogP contribution in [0, 0.1) is 0 Å². The van der Waals surface area contributed by atoms with Gasteiger partial charge < -0.3 is 10.3 Å². The van der Waals surface area contributed by atoms with Gasteiger partial charge in [0.1, 0.15) is 0 Å². The third-order valence-corrected chi connectivity index (χ3v) is 2.30. The number of H-pyrrole nitrogens is 1. The number of aromatic nitrogens is 2. The number of nitrogens with one attached hydrogen (secondary N) is 2. The summed E-state index contributed by atoms with van der Waals surface area (Å²) in [6, 6.07) is 0. The highest BCUT2D eigenvalue weighted by atomic mass is 16.1. The quantitative estimate of drug-likeness (QED) is 0.687. The maximum Gasteiger partial charge on any atom is 0.345 e. The molecule has 2 rings (SSSR count). The molecule has 0 amide bonds. The fourth-order valence-corrected chi connectivity index (χ4v) is 1.71. The molecular weight excluding hydrogens is 166 g/mol. The van der Waals surface area contributed by atoms with E-state index in [1.54, 1.807) is 0 Å². The number of aromatic amines is 1. The van der Waals surface area contributed by atoms with E-state index in [1.165, 1.54) is 5.56 Å². The molecule has 70 valence electrons. The van der Waals surface area contributed by atoms with E-state index >= 15 is 0 Å².